The van der Waals surface area contributed by atoms with Gasteiger partial charge in [0.15, 0.2) is 0 Å². The highest BCUT2D eigenvalue weighted by Crippen LogP contribution is 2.21. The molecule has 0 aliphatic heterocycles. The Morgan fingerprint density at radius 3 is 3.05 bits per heavy atom. The molecule has 0 saturated carbocycles. The Morgan fingerprint density at radius 2 is 2.19 bits per heavy atom. The minimum absolute atomic E-state index is 0.406. The number of aromatic nitrogens is 1. The summed E-state index contributed by atoms with van der Waals surface area (Å²) in [6.07, 6.45) is 3.15. The molecule has 0 saturated heterocycles. The number of methoxy groups -OCH3 is 1. The second-order valence-corrected chi connectivity index (χ2v) is 4.53. The SMILES string of the molecule is COC(=O)c1coc(CNc2cccc3cccnc23)c1. The van der Waals surface area contributed by atoms with Gasteiger partial charge in [0, 0.05) is 11.6 Å². The lowest BCUT2D eigenvalue weighted by atomic mass is 10.2. The molecule has 3 aromatic rings. The number of carbonyl (C=O) groups excluding carboxylic acids is 1. The molecule has 106 valence electrons. The summed E-state index contributed by atoms with van der Waals surface area (Å²) in [7, 11) is 1.34. The van der Waals surface area contributed by atoms with E-state index >= 15 is 0 Å². The molecular formula is C16H14N2O3. The summed E-state index contributed by atoms with van der Waals surface area (Å²) in [6, 6.07) is 11.5. The lowest BCUT2D eigenvalue weighted by Crippen LogP contribution is -2.00. The number of hydrogen-bond donors (Lipinski definition) is 1. The van der Waals surface area contributed by atoms with Gasteiger partial charge in [-0.3, -0.25) is 4.98 Å². The molecule has 0 bridgehead atoms. The van der Waals surface area contributed by atoms with Gasteiger partial charge >= 0.3 is 5.97 Å². The van der Waals surface area contributed by atoms with Crippen LogP contribution in [0.1, 0.15) is 16.1 Å². The molecule has 0 fully saturated rings. The number of fused-ring (bicyclic) bond motifs is 1. The standard InChI is InChI=1S/C16H14N2O3/c1-20-16(19)12-8-13(21-10-12)9-18-14-6-2-4-11-5-3-7-17-15(11)14/h2-8,10,18H,9H2,1H3. The third-order valence-corrected chi connectivity index (χ3v) is 3.16. The van der Waals surface area contributed by atoms with E-state index in [-0.39, 0.29) is 0 Å². The monoisotopic (exact) mass is 282 g/mol. The van der Waals surface area contributed by atoms with Crippen molar-refractivity contribution >= 4 is 22.6 Å². The maximum atomic E-state index is 11.4. The van der Waals surface area contributed by atoms with Gasteiger partial charge in [-0.25, -0.2) is 4.79 Å². The van der Waals surface area contributed by atoms with Gasteiger partial charge in [0.1, 0.15) is 12.0 Å². The quantitative estimate of drug-likeness (QED) is 0.744. The molecule has 1 aromatic carbocycles. The molecule has 0 aliphatic rings. The fraction of sp³-hybridized carbons (Fsp3) is 0.125. The van der Waals surface area contributed by atoms with E-state index in [9.17, 15) is 4.79 Å². The van der Waals surface area contributed by atoms with Crippen LogP contribution in [0.3, 0.4) is 0 Å². The summed E-state index contributed by atoms with van der Waals surface area (Å²) in [5.74, 6) is 0.250. The normalized spacial score (nSPS) is 10.5. The Labute approximate surface area is 121 Å². The third-order valence-electron chi connectivity index (χ3n) is 3.16. The second kappa shape index (κ2) is 5.66. The van der Waals surface area contributed by atoms with Crippen molar-refractivity contribution < 1.29 is 13.9 Å². The molecule has 2 heterocycles. The molecule has 0 amide bonds. The molecule has 21 heavy (non-hydrogen) atoms. The number of para-hydroxylation sites is 1. The first kappa shape index (κ1) is 13.2. The minimum atomic E-state index is -0.406. The number of benzene rings is 1. The molecule has 3 rings (SSSR count). The van der Waals surface area contributed by atoms with Crippen molar-refractivity contribution in [2.24, 2.45) is 0 Å². The van der Waals surface area contributed by atoms with E-state index < -0.39 is 5.97 Å². The van der Waals surface area contributed by atoms with Gasteiger partial charge in [-0.05, 0) is 18.2 Å². The molecule has 0 spiro atoms. The zero-order valence-electron chi connectivity index (χ0n) is 11.5. The van der Waals surface area contributed by atoms with Crippen LogP contribution in [0.25, 0.3) is 10.9 Å². The van der Waals surface area contributed by atoms with Gasteiger partial charge in [-0.15, -0.1) is 0 Å². The fourth-order valence-electron chi connectivity index (χ4n) is 2.13. The topological polar surface area (TPSA) is 64.4 Å². The number of carbonyl (C=O) groups is 1. The van der Waals surface area contributed by atoms with Crippen molar-refractivity contribution in [2.75, 3.05) is 12.4 Å². The maximum absolute atomic E-state index is 11.4. The maximum Gasteiger partial charge on any atom is 0.341 e. The van der Waals surface area contributed by atoms with Crippen LogP contribution in [0.2, 0.25) is 0 Å². The van der Waals surface area contributed by atoms with E-state index in [0.717, 1.165) is 16.6 Å². The van der Waals surface area contributed by atoms with Crippen LogP contribution < -0.4 is 5.32 Å². The lowest BCUT2D eigenvalue weighted by Gasteiger charge is -2.07. The van der Waals surface area contributed by atoms with Gasteiger partial charge in [0.25, 0.3) is 0 Å². The summed E-state index contributed by atoms with van der Waals surface area (Å²) in [4.78, 5) is 15.7. The van der Waals surface area contributed by atoms with Gasteiger partial charge in [-0.1, -0.05) is 18.2 Å². The van der Waals surface area contributed by atoms with Crippen molar-refractivity contribution in [1.82, 2.24) is 4.98 Å². The number of anilines is 1. The zero-order chi connectivity index (χ0) is 14.7. The summed E-state index contributed by atoms with van der Waals surface area (Å²) in [5, 5.41) is 4.33. The van der Waals surface area contributed by atoms with Crippen molar-refractivity contribution in [3.05, 3.63) is 60.2 Å². The first-order valence-electron chi connectivity index (χ1n) is 6.51. The lowest BCUT2D eigenvalue weighted by molar-refractivity contribution is 0.0600. The number of hydrogen-bond acceptors (Lipinski definition) is 5. The van der Waals surface area contributed by atoms with Crippen LogP contribution in [0.5, 0.6) is 0 Å². The first-order chi connectivity index (χ1) is 10.3. The van der Waals surface area contributed by atoms with Gasteiger partial charge in [0.2, 0.25) is 0 Å². The predicted molar refractivity (Wildman–Crippen MR) is 79.1 cm³/mol. The van der Waals surface area contributed by atoms with Crippen molar-refractivity contribution in [1.29, 1.82) is 0 Å². The first-order valence-corrected chi connectivity index (χ1v) is 6.51. The number of ether oxygens (including phenoxy) is 1. The molecule has 0 unspecified atom stereocenters. The number of esters is 1. The molecule has 5 nitrogen and oxygen atoms in total. The molecule has 0 radical (unpaired) electrons. The van der Waals surface area contributed by atoms with Crippen molar-refractivity contribution in [3.8, 4) is 0 Å². The highest BCUT2D eigenvalue weighted by molar-refractivity contribution is 5.90. The minimum Gasteiger partial charge on any atom is -0.467 e. The van der Waals surface area contributed by atoms with E-state index in [0.29, 0.717) is 17.9 Å². The Morgan fingerprint density at radius 1 is 1.33 bits per heavy atom. The zero-order valence-corrected chi connectivity index (χ0v) is 11.5. The Bertz CT molecular complexity index is 775. The largest absolute Gasteiger partial charge is 0.467 e. The number of nitrogens with one attached hydrogen (secondary N) is 1. The van der Waals surface area contributed by atoms with Crippen molar-refractivity contribution in [3.63, 3.8) is 0 Å². The fourth-order valence-corrected chi connectivity index (χ4v) is 2.13. The summed E-state index contributed by atoms with van der Waals surface area (Å²) in [5.41, 5.74) is 2.23. The van der Waals surface area contributed by atoms with E-state index in [1.54, 1.807) is 12.3 Å². The summed E-state index contributed by atoms with van der Waals surface area (Å²) < 4.78 is 9.98. The van der Waals surface area contributed by atoms with E-state index in [1.165, 1.54) is 13.4 Å². The van der Waals surface area contributed by atoms with Crippen LogP contribution in [0.4, 0.5) is 5.69 Å². The van der Waals surface area contributed by atoms with Gasteiger partial charge < -0.3 is 14.5 Å². The average Bonchev–Trinajstić information content (AvgIpc) is 3.01. The van der Waals surface area contributed by atoms with Crippen LogP contribution in [-0.2, 0) is 11.3 Å². The molecule has 2 aromatic heterocycles. The van der Waals surface area contributed by atoms with E-state index in [4.69, 9.17) is 4.42 Å². The van der Waals surface area contributed by atoms with E-state index in [1.807, 2.05) is 30.3 Å². The van der Waals surface area contributed by atoms with Gasteiger partial charge in [0.05, 0.1) is 30.4 Å². The molecule has 0 aliphatic carbocycles. The molecule has 0 atom stereocenters. The van der Waals surface area contributed by atoms with Crippen molar-refractivity contribution in [2.45, 2.75) is 6.54 Å². The molecule has 1 N–H and O–H groups in total. The molecule has 5 heteroatoms. The molecular weight excluding hydrogens is 268 g/mol. The summed E-state index contributed by atoms with van der Waals surface area (Å²) in [6.45, 7) is 0.465. The predicted octanol–water partition coefficient (Wildman–Crippen LogP) is 3.23. The number of pyridine rings is 1. The number of nitrogens with zero attached hydrogens (tertiary/aromatic N) is 1. The van der Waals surface area contributed by atoms with E-state index in [2.05, 4.69) is 15.0 Å². The summed E-state index contributed by atoms with van der Waals surface area (Å²) >= 11 is 0. The number of rotatable bonds is 4. The smallest absolute Gasteiger partial charge is 0.341 e. The Balaban J connectivity index is 1.77. The Kier molecular flexibility index (Phi) is 3.55. The second-order valence-electron chi connectivity index (χ2n) is 4.53. The van der Waals surface area contributed by atoms with Crippen LogP contribution in [0, 0.1) is 0 Å². The van der Waals surface area contributed by atoms with Crippen LogP contribution >= 0.6 is 0 Å². The van der Waals surface area contributed by atoms with Crippen LogP contribution in [-0.4, -0.2) is 18.1 Å². The van der Waals surface area contributed by atoms with Crippen LogP contribution in [0.15, 0.2) is 53.3 Å². The number of furan rings is 1. The third kappa shape index (κ3) is 2.72. The highest BCUT2D eigenvalue weighted by Gasteiger charge is 2.10. The Hall–Kier alpha value is -2.82. The highest BCUT2D eigenvalue weighted by atomic mass is 16.5. The average molecular weight is 282 g/mol. The van der Waals surface area contributed by atoms with Gasteiger partial charge in [-0.2, -0.15) is 0 Å².